The van der Waals surface area contributed by atoms with Gasteiger partial charge in [0.25, 0.3) is 5.69 Å². The van der Waals surface area contributed by atoms with Crippen molar-refractivity contribution < 1.29 is 9.72 Å². The Balaban J connectivity index is 2.44. The molecule has 0 saturated heterocycles. The second kappa shape index (κ2) is 7.39. The van der Waals surface area contributed by atoms with Gasteiger partial charge in [-0.1, -0.05) is 25.1 Å². The first-order valence-electron chi connectivity index (χ1n) is 5.85. The number of carbonyl (C=O) groups excluding carboxylic acids is 1. The molecule has 98 valence electrons. The molecule has 0 aromatic heterocycles. The van der Waals surface area contributed by atoms with E-state index >= 15 is 0 Å². The molecule has 0 spiro atoms. The monoisotopic (exact) mass is 251 g/mol. The molecule has 6 nitrogen and oxygen atoms in total. The molecule has 0 aliphatic heterocycles. The standard InChI is InChI=1S/C12H17N3O3/c1-2-7-14-12(16)9-13-8-10-5-3-4-6-11(10)15(17)18/h3-6,13H,2,7-9H2,1H3,(H,14,16). The summed E-state index contributed by atoms with van der Waals surface area (Å²) in [5, 5.41) is 16.4. The topological polar surface area (TPSA) is 84.3 Å². The Morgan fingerprint density at radius 3 is 2.78 bits per heavy atom. The summed E-state index contributed by atoms with van der Waals surface area (Å²) in [5.74, 6) is -0.101. The van der Waals surface area contributed by atoms with Crippen molar-refractivity contribution in [2.45, 2.75) is 19.9 Å². The SMILES string of the molecule is CCCNC(=O)CNCc1ccccc1[N+](=O)[O-]. The van der Waals surface area contributed by atoms with Crippen molar-refractivity contribution in [3.8, 4) is 0 Å². The summed E-state index contributed by atoms with van der Waals surface area (Å²) in [6.45, 7) is 3.08. The van der Waals surface area contributed by atoms with E-state index in [9.17, 15) is 14.9 Å². The van der Waals surface area contributed by atoms with E-state index < -0.39 is 4.92 Å². The zero-order chi connectivity index (χ0) is 13.4. The summed E-state index contributed by atoms with van der Waals surface area (Å²) in [6.07, 6.45) is 0.885. The van der Waals surface area contributed by atoms with Crippen LogP contribution >= 0.6 is 0 Å². The van der Waals surface area contributed by atoms with Gasteiger partial charge in [0.15, 0.2) is 0 Å². The van der Waals surface area contributed by atoms with E-state index in [1.807, 2.05) is 6.92 Å². The molecule has 0 fully saturated rings. The van der Waals surface area contributed by atoms with Crippen molar-refractivity contribution in [1.29, 1.82) is 0 Å². The Bertz CT molecular complexity index is 421. The molecule has 0 aliphatic rings. The Morgan fingerprint density at radius 2 is 2.11 bits per heavy atom. The lowest BCUT2D eigenvalue weighted by molar-refractivity contribution is -0.385. The van der Waals surface area contributed by atoms with Crippen molar-refractivity contribution in [2.24, 2.45) is 0 Å². The first-order valence-corrected chi connectivity index (χ1v) is 5.85. The van der Waals surface area contributed by atoms with Crippen LogP contribution in [0.4, 0.5) is 5.69 Å². The number of carbonyl (C=O) groups is 1. The number of para-hydroxylation sites is 1. The summed E-state index contributed by atoms with van der Waals surface area (Å²) in [5.41, 5.74) is 0.643. The van der Waals surface area contributed by atoms with Crippen molar-refractivity contribution in [3.05, 3.63) is 39.9 Å². The first-order chi connectivity index (χ1) is 8.65. The van der Waals surface area contributed by atoms with Crippen LogP contribution < -0.4 is 10.6 Å². The zero-order valence-corrected chi connectivity index (χ0v) is 10.3. The second-order valence-electron chi connectivity index (χ2n) is 3.84. The number of hydrogen-bond acceptors (Lipinski definition) is 4. The van der Waals surface area contributed by atoms with Gasteiger partial charge in [0.1, 0.15) is 0 Å². The van der Waals surface area contributed by atoms with Gasteiger partial charge in [-0.2, -0.15) is 0 Å². The molecule has 0 heterocycles. The molecule has 2 N–H and O–H groups in total. The summed E-state index contributed by atoms with van der Waals surface area (Å²) < 4.78 is 0. The highest BCUT2D eigenvalue weighted by atomic mass is 16.6. The van der Waals surface area contributed by atoms with Crippen LogP contribution in [0.2, 0.25) is 0 Å². The Morgan fingerprint density at radius 1 is 1.39 bits per heavy atom. The minimum absolute atomic E-state index is 0.0685. The number of amides is 1. The van der Waals surface area contributed by atoms with Crippen LogP contribution in [0.15, 0.2) is 24.3 Å². The van der Waals surface area contributed by atoms with E-state index in [0.29, 0.717) is 18.7 Å². The molecule has 0 saturated carbocycles. The van der Waals surface area contributed by atoms with Crippen LogP contribution in [0.1, 0.15) is 18.9 Å². The van der Waals surface area contributed by atoms with Crippen LogP contribution in [0, 0.1) is 10.1 Å². The van der Waals surface area contributed by atoms with Crippen molar-refractivity contribution >= 4 is 11.6 Å². The van der Waals surface area contributed by atoms with Crippen LogP contribution in [0.5, 0.6) is 0 Å². The Hall–Kier alpha value is -1.95. The summed E-state index contributed by atoms with van der Waals surface area (Å²) in [4.78, 5) is 21.6. The Kier molecular flexibility index (Phi) is 5.79. The lowest BCUT2D eigenvalue weighted by Crippen LogP contribution is -2.34. The van der Waals surface area contributed by atoms with Gasteiger partial charge in [0.2, 0.25) is 5.91 Å². The zero-order valence-electron chi connectivity index (χ0n) is 10.3. The fraction of sp³-hybridized carbons (Fsp3) is 0.417. The van der Waals surface area contributed by atoms with E-state index in [4.69, 9.17) is 0 Å². The molecule has 0 bridgehead atoms. The van der Waals surface area contributed by atoms with Gasteiger partial charge in [-0.15, -0.1) is 0 Å². The number of hydrogen-bond donors (Lipinski definition) is 2. The van der Waals surface area contributed by atoms with Crippen molar-refractivity contribution in [2.75, 3.05) is 13.1 Å². The van der Waals surface area contributed by atoms with Crippen LogP contribution in [-0.4, -0.2) is 23.9 Å². The quantitative estimate of drug-likeness (QED) is 0.563. The Labute approximate surface area is 106 Å². The van der Waals surface area contributed by atoms with E-state index in [2.05, 4.69) is 10.6 Å². The molecule has 0 radical (unpaired) electrons. The molecule has 0 unspecified atom stereocenters. The highest BCUT2D eigenvalue weighted by Crippen LogP contribution is 2.16. The average Bonchev–Trinajstić information content (AvgIpc) is 2.36. The van der Waals surface area contributed by atoms with Gasteiger partial charge in [0, 0.05) is 24.7 Å². The predicted molar refractivity (Wildman–Crippen MR) is 68.1 cm³/mol. The van der Waals surface area contributed by atoms with Crippen molar-refractivity contribution in [1.82, 2.24) is 10.6 Å². The fourth-order valence-electron chi connectivity index (χ4n) is 1.48. The average molecular weight is 251 g/mol. The molecule has 6 heteroatoms. The number of nitrogens with zero attached hydrogens (tertiary/aromatic N) is 1. The third-order valence-electron chi connectivity index (χ3n) is 2.36. The third kappa shape index (κ3) is 4.50. The summed E-state index contributed by atoms with van der Waals surface area (Å²) in [7, 11) is 0. The highest BCUT2D eigenvalue weighted by molar-refractivity contribution is 5.77. The molecule has 1 rings (SSSR count). The van der Waals surface area contributed by atoms with Crippen molar-refractivity contribution in [3.63, 3.8) is 0 Å². The van der Waals surface area contributed by atoms with Gasteiger partial charge in [0.05, 0.1) is 11.5 Å². The summed E-state index contributed by atoms with van der Waals surface area (Å²) in [6, 6.07) is 6.49. The van der Waals surface area contributed by atoms with E-state index in [1.54, 1.807) is 18.2 Å². The van der Waals surface area contributed by atoms with Crippen LogP contribution in [0.25, 0.3) is 0 Å². The van der Waals surface area contributed by atoms with Gasteiger partial charge in [-0.3, -0.25) is 14.9 Å². The molecule has 0 atom stereocenters. The maximum absolute atomic E-state index is 11.3. The lowest BCUT2D eigenvalue weighted by atomic mass is 10.2. The predicted octanol–water partition coefficient (Wildman–Crippen LogP) is 1.21. The number of nitro groups is 1. The van der Waals surface area contributed by atoms with Crippen LogP contribution in [-0.2, 0) is 11.3 Å². The lowest BCUT2D eigenvalue weighted by Gasteiger charge is -2.06. The van der Waals surface area contributed by atoms with Gasteiger partial charge in [-0.25, -0.2) is 0 Å². The van der Waals surface area contributed by atoms with E-state index in [1.165, 1.54) is 6.07 Å². The minimum Gasteiger partial charge on any atom is -0.355 e. The van der Waals surface area contributed by atoms with Crippen LogP contribution in [0.3, 0.4) is 0 Å². The summed E-state index contributed by atoms with van der Waals surface area (Å²) >= 11 is 0. The fourth-order valence-corrected chi connectivity index (χ4v) is 1.48. The second-order valence-corrected chi connectivity index (χ2v) is 3.84. The molecule has 0 aliphatic carbocycles. The highest BCUT2D eigenvalue weighted by Gasteiger charge is 2.11. The van der Waals surface area contributed by atoms with E-state index in [-0.39, 0.29) is 18.1 Å². The first kappa shape index (κ1) is 14.1. The largest absolute Gasteiger partial charge is 0.355 e. The molecule has 1 aromatic carbocycles. The maximum atomic E-state index is 11.3. The van der Waals surface area contributed by atoms with E-state index in [0.717, 1.165) is 6.42 Å². The number of benzene rings is 1. The molecular formula is C12H17N3O3. The number of nitro benzene ring substituents is 1. The normalized spacial score (nSPS) is 10.1. The molecule has 1 amide bonds. The van der Waals surface area contributed by atoms with Gasteiger partial charge >= 0.3 is 0 Å². The molecule has 1 aromatic rings. The van der Waals surface area contributed by atoms with Gasteiger partial charge < -0.3 is 10.6 Å². The molecular weight excluding hydrogens is 234 g/mol. The number of rotatable bonds is 7. The number of nitrogens with one attached hydrogen (secondary N) is 2. The van der Waals surface area contributed by atoms with Gasteiger partial charge in [-0.05, 0) is 6.42 Å². The third-order valence-corrected chi connectivity index (χ3v) is 2.36. The molecule has 18 heavy (non-hydrogen) atoms. The smallest absolute Gasteiger partial charge is 0.273 e. The maximum Gasteiger partial charge on any atom is 0.273 e. The minimum atomic E-state index is -0.422.